The number of quaternary nitrogens is 1. The molecule has 1 atom stereocenters. The van der Waals surface area contributed by atoms with E-state index < -0.39 is 0 Å². The number of hydrogen-bond acceptors (Lipinski definition) is 2. The maximum atomic E-state index is 12.1. The summed E-state index contributed by atoms with van der Waals surface area (Å²) in [6.45, 7) is 0. The Kier molecular flexibility index (Phi) is 1.03. The van der Waals surface area contributed by atoms with Crippen LogP contribution in [0.2, 0.25) is 0 Å². The van der Waals surface area contributed by atoms with E-state index in [0.29, 0.717) is 0 Å². The first-order valence-electron chi connectivity index (χ1n) is 3.86. The highest BCUT2D eigenvalue weighted by Gasteiger charge is 2.37. The molecule has 1 unspecified atom stereocenters. The highest BCUT2D eigenvalue weighted by molar-refractivity contribution is 7.10. The molecule has 2 nitrogen and oxygen atoms in total. The molecule has 3 heteroatoms. The smallest absolute Gasteiger partial charge is 0.156 e. The molecule has 0 aromatic carbocycles. The van der Waals surface area contributed by atoms with Crippen molar-refractivity contribution in [1.29, 1.82) is 0 Å². The van der Waals surface area contributed by atoms with E-state index in [1.165, 1.54) is 4.88 Å². The quantitative estimate of drug-likeness (QED) is 0.441. The van der Waals surface area contributed by atoms with Crippen molar-refractivity contribution in [1.82, 2.24) is 4.65 Å². The van der Waals surface area contributed by atoms with E-state index in [-0.39, 0.29) is 4.65 Å². The molecular weight excluding hydrogens is 170 g/mol. The number of hydrogen-bond donors (Lipinski definition) is 0. The summed E-state index contributed by atoms with van der Waals surface area (Å²) in [6.07, 6.45) is 6.32. The van der Waals surface area contributed by atoms with Gasteiger partial charge in [-0.2, -0.15) is 0 Å². The van der Waals surface area contributed by atoms with Crippen LogP contribution in [0, 0.1) is 5.21 Å². The van der Waals surface area contributed by atoms with E-state index in [4.69, 9.17) is 0 Å². The van der Waals surface area contributed by atoms with E-state index in [0.717, 1.165) is 17.8 Å². The molecule has 0 saturated carbocycles. The molecule has 0 N–H and O–H groups in total. The molecule has 1 aromatic rings. The molecule has 0 amide bonds. The molecule has 3 heterocycles. The number of hydroxylamine groups is 2. The van der Waals surface area contributed by atoms with Gasteiger partial charge in [-0.25, -0.2) is 0 Å². The van der Waals surface area contributed by atoms with E-state index in [1.807, 2.05) is 23.6 Å². The highest BCUT2D eigenvalue weighted by atomic mass is 32.1. The topological polar surface area (TPSA) is 23.1 Å². The van der Waals surface area contributed by atoms with Gasteiger partial charge in [0, 0.05) is 12.1 Å². The standard InChI is InChI=1S/C9H7NOS/c11-10-4-1-2-7(10)6-9-8(10)3-5-12-9/h1-5H,6H2. The Hall–Kier alpha value is -0.900. The third-order valence-corrected chi connectivity index (χ3v) is 3.34. The molecule has 12 heavy (non-hydrogen) atoms. The van der Waals surface area contributed by atoms with Crippen molar-refractivity contribution in [3.8, 4) is 0 Å². The molecule has 3 rings (SSSR count). The van der Waals surface area contributed by atoms with Crippen LogP contribution >= 0.6 is 11.3 Å². The molecular formula is C9H7NOS. The summed E-state index contributed by atoms with van der Waals surface area (Å²) in [4.78, 5) is 1.22. The minimum atomic E-state index is -0.321. The third-order valence-electron chi connectivity index (χ3n) is 2.43. The highest BCUT2D eigenvalue weighted by Crippen LogP contribution is 2.45. The van der Waals surface area contributed by atoms with Crippen LogP contribution in [0.3, 0.4) is 0 Å². The Balaban J connectivity index is 2.30. The molecule has 2 aliphatic rings. The first-order valence-corrected chi connectivity index (χ1v) is 4.74. The molecule has 0 aliphatic carbocycles. The molecule has 2 aliphatic heterocycles. The van der Waals surface area contributed by atoms with E-state index in [2.05, 4.69) is 0 Å². The zero-order valence-corrected chi connectivity index (χ0v) is 7.17. The first kappa shape index (κ1) is 6.60. The van der Waals surface area contributed by atoms with Crippen LogP contribution < -0.4 is 4.65 Å². The van der Waals surface area contributed by atoms with Crippen LogP contribution in [-0.2, 0) is 6.42 Å². The summed E-state index contributed by atoms with van der Waals surface area (Å²) >= 11 is 1.68. The van der Waals surface area contributed by atoms with Gasteiger partial charge in [0.2, 0.25) is 0 Å². The number of rotatable bonds is 0. The minimum Gasteiger partial charge on any atom is -0.617 e. The van der Waals surface area contributed by atoms with Gasteiger partial charge in [0.1, 0.15) is 11.9 Å². The summed E-state index contributed by atoms with van der Waals surface area (Å²) < 4.78 is -0.321. The number of allylic oxidation sites excluding steroid dienone is 3. The summed E-state index contributed by atoms with van der Waals surface area (Å²) in [7, 11) is 0. The summed E-state index contributed by atoms with van der Waals surface area (Å²) in [6, 6.07) is 1.93. The number of nitrogens with zero attached hydrogens (tertiary/aromatic N) is 1. The Labute approximate surface area is 74.2 Å². The van der Waals surface area contributed by atoms with Gasteiger partial charge >= 0.3 is 0 Å². The van der Waals surface area contributed by atoms with Crippen molar-refractivity contribution in [3.63, 3.8) is 0 Å². The van der Waals surface area contributed by atoms with Crippen LogP contribution in [-0.4, -0.2) is 0 Å². The second kappa shape index (κ2) is 1.88. The van der Waals surface area contributed by atoms with Gasteiger partial charge in [-0.1, -0.05) is 0 Å². The number of thiophene rings is 1. The summed E-state index contributed by atoms with van der Waals surface area (Å²) in [5.41, 5.74) is 1.87. The SMILES string of the molecule is [O-][N+]12C=CC=C1Cc1sccc12. The van der Waals surface area contributed by atoms with Gasteiger partial charge in [-0.05, 0) is 11.5 Å². The molecule has 60 valence electrons. The van der Waals surface area contributed by atoms with Crippen molar-refractivity contribution in [2.75, 3.05) is 0 Å². The van der Waals surface area contributed by atoms with E-state index in [1.54, 1.807) is 17.5 Å². The van der Waals surface area contributed by atoms with Gasteiger partial charge < -0.3 is 5.21 Å². The van der Waals surface area contributed by atoms with Crippen molar-refractivity contribution in [2.24, 2.45) is 0 Å². The second-order valence-corrected chi connectivity index (χ2v) is 4.06. The lowest BCUT2D eigenvalue weighted by molar-refractivity contribution is 0.636. The average Bonchev–Trinajstić information content (AvgIpc) is 2.62. The third kappa shape index (κ3) is 0.579. The van der Waals surface area contributed by atoms with E-state index in [9.17, 15) is 5.21 Å². The minimum absolute atomic E-state index is 0.321. The van der Waals surface area contributed by atoms with E-state index >= 15 is 0 Å². The first-order chi connectivity index (χ1) is 5.81. The molecule has 0 saturated heterocycles. The molecule has 0 radical (unpaired) electrons. The molecule has 0 bridgehead atoms. The molecule has 0 spiro atoms. The fourth-order valence-electron chi connectivity index (χ4n) is 1.82. The Bertz CT molecular complexity index is 404. The fraction of sp³-hybridized carbons (Fsp3) is 0.111. The molecule has 1 aromatic heterocycles. The Morgan fingerprint density at radius 2 is 2.42 bits per heavy atom. The van der Waals surface area contributed by atoms with Crippen molar-refractivity contribution in [3.05, 3.63) is 45.6 Å². The zero-order valence-electron chi connectivity index (χ0n) is 6.36. The Morgan fingerprint density at radius 1 is 1.50 bits per heavy atom. The lowest BCUT2D eigenvalue weighted by atomic mass is 10.3. The van der Waals surface area contributed by atoms with Crippen LogP contribution in [0.1, 0.15) is 4.88 Å². The second-order valence-electron chi connectivity index (χ2n) is 3.06. The van der Waals surface area contributed by atoms with Gasteiger partial charge in [0.05, 0.1) is 11.3 Å². The van der Waals surface area contributed by atoms with Crippen molar-refractivity contribution < 1.29 is 0 Å². The van der Waals surface area contributed by atoms with Gasteiger partial charge in [-0.15, -0.1) is 11.3 Å². The normalized spacial score (nSPS) is 30.2. The predicted octanol–water partition coefficient (Wildman–Crippen LogP) is 2.52. The molecule has 0 fully saturated rings. The predicted molar refractivity (Wildman–Crippen MR) is 50.4 cm³/mol. The van der Waals surface area contributed by atoms with Crippen LogP contribution in [0.15, 0.2) is 35.5 Å². The van der Waals surface area contributed by atoms with Crippen molar-refractivity contribution >= 4 is 17.0 Å². The Morgan fingerprint density at radius 3 is 3.33 bits per heavy atom. The largest absolute Gasteiger partial charge is 0.617 e. The van der Waals surface area contributed by atoms with Crippen LogP contribution in [0.5, 0.6) is 0 Å². The zero-order chi connectivity index (χ0) is 8.18. The average molecular weight is 177 g/mol. The fourth-order valence-corrected chi connectivity index (χ4v) is 2.74. The van der Waals surface area contributed by atoms with Gasteiger partial charge in [0.15, 0.2) is 5.69 Å². The lowest BCUT2D eigenvalue weighted by Crippen LogP contribution is -2.29. The van der Waals surface area contributed by atoms with Crippen LogP contribution in [0.4, 0.5) is 5.69 Å². The summed E-state index contributed by atoms with van der Waals surface area (Å²) in [5.74, 6) is 0. The maximum Gasteiger partial charge on any atom is 0.156 e. The number of fused-ring (bicyclic) bond motifs is 3. The lowest BCUT2D eigenvalue weighted by Gasteiger charge is -2.32. The van der Waals surface area contributed by atoms with Gasteiger partial charge in [0.25, 0.3) is 0 Å². The monoisotopic (exact) mass is 177 g/mol. The van der Waals surface area contributed by atoms with Crippen molar-refractivity contribution in [2.45, 2.75) is 6.42 Å². The maximum absolute atomic E-state index is 12.1. The summed E-state index contributed by atoms with van der Waals surface area (Å²) in [5, 5.41) is 14.1. The van der Waals surface area contributed by atoms with Gasteiger partial charge in [-0.3, -0.25) is 4.65 Å². The van der Waals surface area contributed by atoms with Crippen LogP contribution in [0.25, 0.3) is 0 Å².